The van der Waals surface area contributed by atoms with Crippen LogP contribution in [0.1, 0.15) is 37.0 Å². The molecule has 3 aromatic rings. The number of alkyl halides is 3. The van der Waals surface area contributed by atoms with Crippen molar-refractivity contribution in [3.05, 3.63) is 95.0 Å². The number of para-hydroxylation sites is 1. The Labute approximate surface area is 189 Å². The van der Waals surface area contributed by atoms with Crippen molar-refractivity contribution < 1.29 is 27.4 Å². The fraction of sp³-hybridized carbons (Fsp3) is 0.240. The molecular formula is C25H22ClF3O3. The first-order chi connectivity index (χ1) is 15.1. The first-order valence-electron chi connectivity index (χ1n) is 10.0. The zero-order valence-corrected chi connectivity index (χ0v) is 18.2. The summed E-state index contributed by atoms with van der Waals surface area (Å²) in [4.78, 5) is 12.9. The molecule has 0 radical (unpaired) electrons. The standard InChI is InChI=1S/C25H22ClF3O3/c1-16(2)22(17-11-13-19(26)14-12-17)24(30)32-23(25(27,28)29)18-7-6-10-21(15-18)31-20-8-4-3-5-9-20/h3-16,22-23H,1-2H3. The highest BCUT2D eigenvalue weighted by Crippen LogP contribution is 2.39. The average molecular weight is 463 g/mol. The van der Waals surface area contributed by atoms with Gasteiger partial charge in [0.05, 0.1) is 5.92 Å². The fourth-order valence-electron chi connectivity index (χ4n) is 3.34. The molecule has 0 amide bonds. The van der Waals surface area contributed by atoms with E-state index in [1.54, 1.807) is 68.4 Å². The SMILES string of the molecule is CC(C)C(C(=O)OC(c1cccc(Oc2ccccc2)c1)C(F)(F)F)c1ccc(Cl)cc1. The third-order valence-corrected chi connectivity index (χ3v) is 5.07. The summed E-state index contributed by atoms with van der Waals surface area (Å²) in [5, 5.41) is 0.466. The van der Waals surface area contributed by atoms with E-state index in [0.717, 1.165) is 0 Å². The van der Waals surface area contributed by atoms with Gasteiger partial charge in [0.1, 0.15) is 11.5 Å². The highest BCUT2D eigenvalue weighted by Gasteiger charge is 2.45. The zero-order valence-electron chi connectivity index (χ0n) is 17.5. The van der Waals surface area contributed by atoms with Crippen molar-refractivity contribution >= 4 is 17.6 Å². The Kier molecular flexibility index (Phi) is 7.46. The molecule has 0 fully saturated rings. The van der Waals surface area contributed by atoms with Gasteiger partial charge < -0.3 is 9.47 Å². The van der Waals surface area contributed by atoms with E-state index in [4.69, 9.17) is 21.1 Å². The van der Waals surface area contributed by atoms with Gasteiger partial charge in [-0.05, 0) is 47.9 Å². The lowest BCUT2D eigenvalue weighted by atomic mass is 9.88. The van der Waals surface area contributed by atoms with Crippen LogP contribution in [0.5, 0.6) is 11.5 Å². The summed E-state index contributed by atoms with van der Waals surface area (Å²) in [5.74, 6) is -1.44. The van der Waals surface area contributed by atoms with Gasteiger partial charge >= 0.3 is 12.1 Å². The van der Waals surface area contributed by atoms with E-state index >= 15 is 0 Å². The predicted octanol–water partition coefficient (Wildman–Crippen LogP) is 7.72. The highest BCUT2D eigenvalue weighted by molar-refractivity contribution is 6.30. The number of esters is 1. The van der Waals surface area contributed by atoms with Crippen molar-refractivity contribution in [3.63, 3.8) is 0 Å². The molecule has 0 aliphatic rings. The number of carbonyl (C=O) groups is 1. The van der Waals surface area contributed by atoms with Gasteiger partial charge in [0.15, 0.2) is 0 Å². The first-order valence-corrected chi connectivity index (χ1v) is 10.4. The van der Waals surface area contributed by atoms with Crippen LogP contribution >= 0.6 is 11.6 Å². The van der Waals surface area contributed by atoms with Crippen molar-refractivity contribution in [1.29, 1.82) is 0 Å². The van der Waals surface area contributed by atoms with Crippen molar-refractivity contribution in [1.82, 2.24) is 0 Å². The predicted molar refractivity (Wildman–Crippen MR) is 117 cm³/mol. The Hall–Kier alpha value is -2.99. The molecule has 0 N–H and O–H groups in total. The molecule has 0 saturated carbocycles. The van der Waals surface area contributed by atoms with E-state index in [2.05, 4.69) is 0 Å². The van der Waals surface area contributed by atoms with Gasteiger partial charge in [0, 0.05) is 10.6 Å². The molecule has 2 atom stereocenters. The molecule has 0 bridgehead atoms. The van der Waals surface area contributed by atoms with Crippen LogP contribution in [-0.2, 0) is 9.53 Å². The van der Waals surface area contributed by atoms with Gasteiger partial charge in [0.25, 0.3) is 0 Å². The minimum Gasteiger partial charge on any atom is -0.457 e. The third kappa shape index (κ3) is 6.04. The summed E-state index contributed by atoms with van der Waals surface area (Å²) in [6.07, 6.45) is -7.23. The normalized spacial score (nSPS) is 13.5. The number of benzene rings is 3. The topological polar surface area (TPSA) is 35.5 Å². The molecule has 3 rings (SSSR count). The fourth-order valence-corrected chi connectivity index (χ4v) is 3.47. The van der Waals surface area contributed by atoms with Crippen molar-refractivity contribution in [2.45, 2.75) is 32.0 Å². The number of carbonyl (C=O) groups excluding carboxylic acids is 1. The minimum absolute atomic E-state index is 0.206. The molecular weight excluding hydrogens is 441 g/mol. The summed E-state index contributed by atoms with van der Waals surface area (Å²) >= 11 is 5.90. The maximum Gasteiger partial charge on any atom is 0.429 e. The maximum absolute atomic E-state index is 13.9. The number of hydrogen-bond donors (Lipinski definition) is 0. The Bertz CT molecular complexity index is 1030. The van der Waals surface area contributed by atoms with Crippen LogP contribution in [0.25, 0.3) is 0 Å². The lowest BCUT2D eigenvalue weighted by molar-refractivity contribution is -0.225. The summed E-state index contributed by atoms with van der Waals surface area (Å²) in [7, 11) is 0. The summed E-state index contributed by atoms with van der Waals surface area (Å²) in [5.41, 5.74) is 0.314. The summed E-state index contributed by atoms with van der Waals surface area (Å²) < 4.78 is 52.4. The first kappa shape index (κ1) is 23.7. The van der Waals surface area contributed by atoms with Gasteiger partial charge in [-0.15, -0.1) is 0 Å². The molecule has 0 aliphatic heterocycles. The quantitative estimate of drug-likeness (QED) is 0.337. The van der Waals surface area contributed by atoms with Crippen molar-refractivity contribution in [2.75, 3.05) is 0 Å². The van der Waals surface area contributed by atoms with Crippen LogP contribution in [0, 0.1) is 5.92 Å². The second-order valence-corrected chi connectivity index (χ2v) is 8.06. The van der Waals surface area contributed by atoms with E-state index in [9.17, 15) is 18.0 Å². The maximum atomic E-state index is 13.9. The second-order valence-electron chi connectivity index (χ2n) is 7.62. The van der Waals surface area contributed by atoms with E-state index in [0.29, 0.717) is 16.3 Å². The van der Waals surface area contributed by atoms with Crippen LogP contribution < -0.4 is 4.74 Å². The third-order valence-electron chi connectivity index (χ3n) is 4.82. The average Bonchev–Trinajstić information content (AvgIpc) is 2.73. The van der Waals surface area contributed by atoms with Gasteiger partial charge in [-0.25, -0.2) is 0 Å². The second kappa shape index (κ2) is 10.1. The van der Waals surface area contributed by atoms with Crippen molar-refractivity contribution in [2.24, 2.45) is 5.92 Å². The van der Waals surface area contributed by atoms with E-state index in [1.165, 1.54) is 24.3 Å². The van der Waals surface area contributed by atoms with Crippen molar-refractivity contribution in [3.8, 4) is 11.5 Å². The van der Waals surface area contributed by atoms with E-state index in [-0.39, 0.29) is 17.2 Å². The molecule has 2 unspecified atom stereocenters. The van der Waals surface area contributed by atoms with Crippen LogP contribution in [0.15, 0.2) is 78.9 Å². The molecule has 0 aliphatic carbocycles. The van der Waals surface area contributed by atoms with Crippen LogP contribution in [-0.4, -0.2) is 12.1 Å². The molecule has 32 heavy (non-hydrogen) atoms. The number of rotatable bonds is 7. The number of halogens is 4. The van der Waals surface area contributed by atoms with Gasteiger partial charge in [-0.2, -0.15) is 13.2 Å². The Balaban J connectivity index is 1.87. The Morgan fingerprint density at radius 1 is 0.844 bits per heavy atom. The molecule has 3 nitrogen and oxygen atoms in total. The zero-order chi connectivity index (χ0) is 23.3. The summed E-state index contributed by atoms with van der Waals surface area (Å²) in [6.45, 7) is 3.49. The lowest BCUT2D eigenvalue weighted by Gasteiger charge is -2.26. The molecule has 7 heteroatoms. The minimum atomic E-state index is -4.80. The van der Waals surface area contributed by atoms with Crippen LogP contribution in [0.2, 0.25) is 5.02 Å². The number of hydrogen-bond acceptors (Lipinski definition) is 3. The van der Waals surface area contributed by atoms with Crippen LogP contribution in [0.3, 0.4) is 0 Å². The largest absolute Gasteiger partial charge is 0.457 e. The molecule has 0 saturated heterocycles. The molecule has 3 aromatic carbocycles. The molecule has 168 valence electrons. The van der Waals surface area contributed by atoms with Gasteiger partial charge in [-0.1, -0.05) is 67.9 Å². The highest BCUT2D eigenvalue weighted by atomic mass is 35.5. The molecule has 0 heterocycles. The van der Waals surface area contributed by atoms with Gasteiger partial charge in [-0.3, -0.25) is 4.79 Å². The lowest BCUT2D eigenvalue weighted by Crippen LogP contribution is -2.30. The number of ether oxygens (including phenoxy) is 2. The molecule has 0 aromatic heterocycles. The Morgan fingerprint density at radius 2 is 1.47 bits per heavy atom. The molecule has 0 spiro atoms. The Morgan fingerprint density at radius 3 is 2.06 bits per heavy atom. The summed E-state index contributed by atoms with van der Waals surface area (Å²) in [6, 6.07) is 20.5. The van der Waals surface area contributed by atoms with E-state index < -0.39 is 24.2 Å². The van der Waals surface area contributed by atoms with Gasteiger partial charge in [0.2, 0.25) is 6.10 Å². The van der Waals surface area contributed by atoms with Crippen LogP contribution in [0.4, 0.5) is 13.2 Å². The smallest absolute Gasteiger partial charge is 0.429 e. The van der Waals surface area contributed by atoms with E-state index in [1.807, 2.05) is 0 Å². The monoisotopic (exact) mass is 462 g/mol.